The zero-order valence-electron chi connectivity index (χ0n) is 10.4. The molecule has 1 atom stereocenters. The number of morpholine rings is 1. The van der Waals surface area contributed by atoms with E-state index in [-0.39, 0.29) is 12.0 Å². The summed E-state index contributed by atoms with van der Waals surface area (Å²) in [6.07, 6.45) is 4.15. The average molecular weight is 250 g/mol. The van der Waals surface area contributed by atoms with Gasteiger partial charge in [-0.1, -0.05) is 6.92 Å². The molecule has 0 saturated carbocycles. The van der Waals surface area contributed by atoms with Crippen LogP contribution in [0.1, 0.15) is 23.7 Å². The van der Waals surface area contributed by atoms with Crippen LogP contribution < -0.4 is 11.3 Å². The first-order valence-corrected chi connectivity index (χ1v) is 6.07. The van der Waals surface area contributed by atoms with E-state index in [4.69, 9.17) is 10.6 Å². The number of hydrogen-bond donors (Lipinski definition) is 2. The molecule has 2 rings (SSSR count). The molecule has 0 bridgehead atoms. The summed E-state index contributed by atoms with van der Waals surface area (Å²) >= 11 is 0. The van der Waals surface area contributed by atoms with Crippen LogP contribution in [0.4, 0.5) is 5.69 Å². The summed E-state index contributed by atoms with van der Waals surface area (Å²) < 4.78 is 5.55. The van der Waals surface area contributed by atoms with Gasteiger partial charge in [0.15, 0.2) is 0 Å². The highest BCUT2D eigenvalue weighted by atomic mass is 16.5. The highest BCUT2D eigenvalue weighted by Crippen LogP contribution is 2.17. The Labute approximate surface area is 106 Å². The maximum atomic E-state index is 12.4. The molecular weight excluding hydrogens is 232 g/mol. The van der Waals surface area contributed by atoms with Gasteiger partial charge in [-0.05, 0) is 12.5 Å². The number of pyridine rings is 1. The lowest BCUT2D eigenvalue weighted by Gasteiger charge is -2.32. The fourth-order valence-corrected chi connectivity index (χ4v) is 2.01. The Morgan fingerprint density at radius 2 is 2.56 bits per heavy atom. The number of ether oxygens (including phenoxy) is 1. The van der Waals surface area contributed by atoms with Gasteiger partial charge in [0, 0.05) is 25.5 Å². The third kappa shape index (κ3) is 2.60. The predicted octanol–water partition coefficient (Wildman–Crippen LogP) is 0.618. The minimum atomic E-state index is -0.0576. The SMILES string of the molecule is CCC1CN(C(=O)c2cnccc2NN)CCO1. The first-order chi connectivity index (χ1) is 8.76. The van der Waals surface area contributed by atoms with E-state index in [0.29, 0.717) is 30.9 Å². The minimum absolute atomic E-state index is 0.0576. The molecule has 98 valence electrons. The van der Waals surface area contributed by atoms with E-state index in [2.05, 4.69) is 17.3 Å². The van der Waals surface area contributed by atoms with Gasteiger partial charge in [0.2, 0.25) is 0 Å². The van der Waals surface area contributed by atoms with Crippen LogP contribution in [0.5, 0.6) is 0 Å². The summed E-state index contributed by atoms with van der Waals surface area (Å²) in [5.41, 5.74) is 3.61. The number of carbonyl (C=O) groups excluding carboxylic acids is 1. The lowest BCUT2D eigenvalue weighted by molar-refractivity contribution is -0.0226. The van der Waals surface area contributed by atoms with Gasteiger partial charge in [0.25, 0.3) is 5.91 Å². The van der Waals surface area contributed by atoms with E-state index >= 15 is 0 Å². The highest BCUT2D eigenvalue weighted by Gasteiger charge is 2.25. The van der Waals surface area contributed by atoms with E-state index < -0.39 is 0 Å². The summed E-state index contributed by atoms with van der Waals surface area (Å²) in [6, 6.07) is 1.69. The monoisotopic (exact) mass is 250 g/mol. The number of anilines is 1. The molecule has 18 heavy (non-hydrogen) atoms. The standard InChI is InChI=1S/C12H18N4O2/c1-2-9-8-16(5-6-18-9)12(17)10-7-14-4-3-11(10)15-13/h3-4,7,9H,2,5-6,8,13H2,1H3,(H,14,15). The summed E-state index contributed by atoms with van der Waals surface area (Å²) in [5, 5.41) is 0. The first kappa shape index (κ1) is 12.8. The van der Waals surface area contributed by atoms with E-state index in [1.165, 1.54) is 6.20 Å². The number of nitrogens with one attached hydrogen (secondary N) is 1. The maximum absolute atomic E-state index is 12.4. The third-order valence-corrected chi connectivity index (χ3v) is 3.09. The second-order valence-electron chi connectivity index (χ2n) is 4.22. The molecule has 0 aliphatic carbocycles. The van der Waals surface area contributed by atoms with Crippen molar-refractivity contribution in [1.29, 1.82) is 0 Å². The number of rotatable bonds is 3. The molecular formula is C12H18N4O2. The normalized spacial score (nSPS) is 19.7. The molecule has 6 heteroatoms. The molecule has 1 fully saturated rings. The lowest BCUT2D eigenvalue weighted by atomic mass is 10.1. The topological polar surface area (TPSA) is 80.5 Å². The molecule has 2 heterocycles. The Bertz CT molecular complexity index is 424. The lowest BCUT2D eigenvalue weighted by Crippen LogP contribution is -2.45. The van der Waals surface area contributed by atoms with Gasteiger partial charge < -0.3 is 15.1 Å². The third-order valence-electron chi connectivity index (χ3n) is 3.09. The van der Waals surface area contributed by atoms with Crippen molar-refractivity contribution in [2.75, 3.05) is 25.1 Å². The van der Waals surface area contributed by atoms with Crippen molar-refractivity contribution in [3.8, 4) is 0 Å². The Hall–Kier alpha value is -1.66. The summed E-state index contributed by atoms with van der Waals surface area (Å²) in [7, 11) is 0. The van der Waals surface area contributed by atoms with Crippen LogP contribution in [0.25, 0.3) is 0 Å². The van der Waals surface area contributed by atoms with Crippen molar-refractivity contribution in [3.63, 3.8) is 0 Å². The number of nitrogen functional groups attached to an aromatic ring is 1. The number of hydrogen-bond acceptors (Lipinski definition) is 5. The zero-order chi connectivity index (χ0) is 13.0. The Morgan fingerprint density at radius 3 is 3.28 bits per heavy atom. The second kappa shape index (κ2) is 5.79. The van der Waals surface area contributed by atoms with Crippen LogP contribution in [0.2, 0.25) is 0 Å². The predicted molar refractivity (Wildman–Crippen MR) is 68.0 cm³/mol. The maximum Gasteiger partial charge on any atom is 0.257 e. The number of aromatic nitrogens is 1. The molecule has 6 nitrogen and oxygen atoms in total. The van der Waals surface area contributed by atoms with Crippen molar-refractivity contribution in [2.24, 2.45) is 5.84 Å². The van der Waals surface area contributed by atoms with Gasteiger partial charge in [-0.3, -0.25) is 15.6 Å². The van der Waals surface area contributed by atoms with Crippen LogP contribution in [0, 0.1) is 0 Å². The fraction of sp³-hybridized carbons (Fsp3) is 0.500. The number of amides is 1. The summed E-state index contributed by atoms with van der Waals surface area (Å²) in [5.74, 6) is 5.34. The number of hydrazine groups is 1. The molecule has 1 aliphatic heterocycles. The molecule has 1 saturated heterocycles. The van der Waals surface area contributed by atoms with Gasteiger partial charge in [-0.25, -0.2) is 0 Å². The van der Waals surface area contributed by atoms with Gasteiger partial charge >= 0.3 is 0 Å². The summed E-state index contributed by atoms with van der Waals surface area (Å²) in [4.78, 5) is 18.1. The summed E-state index contributed by atoms with van der Waals surface area (Å²) in [6.45, 7) is 3.86. The highest BCUT2D eigenvalue weighted by molar-refractivity contribution is 5.99. The van der Waals surface area contributed by atoms with E-state index in [1.54, 1.807) is 17.2 Å². The van der Waals surface area contributed by atoms with Crippen LogP contribution >= 0.6 is 0 Å². The van der Waals surface area contributed by atoms with Crippen molar-refractivity contribution in [3.05, 3.63) is 24.0 Å². The Kier molecular flexibility index (Phi) is 4.11. The average Bonchev–Trinajstić information content (AvgIpc) is 2.46. The molecule has 1 unspecified atom stereocenters. The van der Waals surface area contributed by atoms with Crippen molar-refractivity contribution in [1.82, 2.24) is 9.88 Å². The van der Waals surface area contributed by atoms with E-state index in [0.717, 1.165) is 6.42 Å². The molecule has 1 aromatic heterocycles. The Balaban J connectivity index is 2.15. The fourth-order valence-electron chi connectivity index (χ4n) is 2.01. The van der Waals surface area contributed by atoms with Gasteiger partial charge in [0.05, 0.1) is 24.0 Å². The molecule has 1 amide bonds. The van der Waals surface area contributed by atoms with Crippen molar-refractivity contribution in [2.45, 2.75) is 19.4 Å². The number of nitrogens with two attached hydrogens (primary N) is 1. The van der Waals surface area contributed by atoms with E-state index in [9.17, 15) is 4.79 Å². The van der Waals surface area contributed by atoms with Crippen LogP contribution in [-0.4, -0.2) is 41.6 Å². The zero-order valence-corrected chi connectivity index (χ0v) is 10.4. The number of nitrogens with zero attached hydrogens (tertiary/aromatic N) is 2. The van der Waals surface area contributed by atoms with Crippen LogP contribution in [-0.2, 0) is 4.74 Å². The van der Waals surface area contributed by atoms with Gasteiger partial charge in [0.1, 0.15) is 0 Å². The molecule has 0 radical (unpaired) electrons. The van der Waals surface area contributed by atoms with Crippen LogP contribution in [0.15, 0.2) is 18.5 Å². The quantitative estimate of drug-likeness (QED) is 0.607. The van der Waals surface area contributed by atoms with Crippen LogP contribution in [0.3, 0.4) is 0 Å². The number of carbonyl (C=O) groups is 1. The molecule has 1 aromatic rings. The van der Waals surface area contributed by atoms with Gasteiger partial charge in [-0.2, -0.15) is 0 Å². The van der Waals surface area contributed by atoms with E-state index in [1.807, 2.05) is 0 Å². The minimum Gasteiger partial charge on any atom is -0.375 e. The largest absolute Gasteiger partial charge is 0.375 e. The first-order valence-electron chi connectivity index (χ1n) is 6.07. The molecule has 0 spiro atoms. The molecule has 3 N–H and O–H groups in total. The molecule has 1 aliphatic rings. The van der Waals surface area contributed by atoms with Gasteiger partial charge in [-0.15, -0.1) is 0 Å². The van der Waals surface area contributed by atoms with Crippen molar-refractivity contribution < 1.29 is 9.53 Å². The molecule has 0 aromatic carbocycles. The second-order valence-corrected chi connectivity index (χ2v) is 4.22. The Morgan fingerprint density at radius 1 is 1.72 bits per heavy atom. The van der Waals surface area contributed by atoms with Crippen molar-refractivity contribution >= 4 is 11.6 Å². The smallest absolute Gasteiger partial charge is 0.257 e.